The monoisotopic (exact) mass is 418 g/mol. The molecule has 0 atom stereocenters. The minimum atomic E-state index is -0.564. The van der Waals surface area contributed by atoms with Crippen molar-refractivity contribution in [1.82, 2.24) is 0 Å². The Morgan fingerprint density at radius 1 is 0.727 bits per heavy atom. The molecule has 0 N–H and O–H groups in total. The van der Waals surface area contributed by atoms with Gasteiger partial charge in [0.05, 0.1) is 10.7 Å². The molecule has 0 bridgehead atoms. The molecule has 0 radical (unpaired) electrons. The fraction of sp³-hybridized carbons (Fsp3) is 0.0526. The molecular formula is C19H16IOP. The molecule has 3 aromatic carbocycles. The van der Waals surface area contributed by atoms with Crippen LogP contribution in [0.5, 0.6) is 5.75 Å². The van der Waals surface area contributed by atoms with Gasteiger partial charge in [0.2, 0.25) is 0 Å². The van der Waals surface area contributed by atoms with Crippen molar-refractivity contribution < 1.29 is 4.74 Å². The van der Waals surface area contributed by atoms with E-state index in [-0.39, 0.29) is 0 Å². The molecule has 0 unspecified atom stereocenters. The molecule has 0 aliphatic rings. The summed E-state index contributed by atoms with van der Waals surface area (Å²) in [5, 5.41) is 4.02. The van der Waals surface area contributed by atoms with Crippen LogP contribution in [0.3, 0.4) is 0 Å². The Balaban J connectivity index is 2.14. The lowest BCUT2D eigenvalue weighted by atomic mass is 10.3. The molecule has 0 aliphatic carbocycles. The van der Waals surface area contributed by atoms with Gasteiger partial charge in [-0.15, -0.1) is 0 Å². The molecular weight excluding hydrogens is 402 g/mol. The first-order valence-corrected chi connectivity index (χ1v) is 9.45. The van der Waals surface area contributed by atoms with Crippen LogP contribution < -0.4 is 20.7 Å². The minimum Gasteiger partial charge on any atom is -0.496 e. The number of hydrogen-bond acceptors (Lipinski definition) is 1. The lowest BCUT2D eigenvalue weighted by Gasteiger charge is -2.20. The molecule has 0 aliphatic heterocycles. The van der Waals surface area contributed by atoms with Crippen molar-refractivity contribution in [3.63, 3.8) is 0 Å². The average molecular weight is 418 g/mol. The van der Waals surface area contributed by atoms with E-state index in [2.05, 4.69) is 101 Å². The van der Waals surface area contributed by atoms with Gasteiger partial charge in [0.1, 0.15) is 5.75 Å². The first-order chi connectivity index (χ1) is 10.8. The van der Waals surface area contributed by atoms with Gasteiger partial charge in [-0.05, 0) is 58.6 Å². The van der Waals surface area contributed by atoms with E-state index in [9.17, 15) is 0 Å². The number of ether oxygens (including phenoxy) is 1. The van der Waals surface area contributed by atoms with Crippen molar-refractivity contribution in [2.45, 2.75) is 0 Å². The quantitative estimate of drug-likeness (QED) is 0.459. The summed E-state index contributed by atoms with van der Waals surface area (Å²) in [4.78, 5) is 0. The molecule has 1 nitrogen and oxygen atoms in total. The summed E-state index contributed by atoms with van der Waals surface area (Å²) in [5.74, 6) is 0.942. The second kappa shape index (κ2) is 7.26. The fourth-order valence-electron chi connectivity index (χ4n) is 2.39. The van der Waals surface area contributed by atoms with Crippen LogP contribution in [0.1, 0.15) is 0 Å². The van der Waals surface area contributed by atoms with E-state index < -0.39 is 7.92 Å². The predicted molar refractivity (Wildman–Crippen MR) is 104 cm³/mol. The fourth-order valence-corrected chi connectivity index (χ4v) is 5.25. The summed E-state index contributed by atoms with van der Waals surface area (Å²) < 4.78 is 6.65. The minimum absolute atomic E-state index is 0.564. The Kier molecular flexibility index (Phi) is 5.12. The highest BCUT2D eigenvalue weighted by Gasteiger charge is 2.17. The van der Waals surface area contributed by atoms with Gasteiger partial charge in [0, 0.05) is 0 Å². The summed E-state index contributed by atoms with van der Waals surface area (Å²) >= 11 is 2.31. The lowest BCUT2D eigenvalue weighted by Crippen LogP contribution is -2.20. The van der Waals surface area contributed by atoms with Crippen molar-refractivity contribution >= 4 is 46.4 Å². The standard InChI is InChI=1S/C19H16IOP/c1-21-19-14-17(12-13-18(19)20)22(15-8-4-2-5-9-15)16-10-6-3-7-11-16/h2-14H,1H3. The molecule has 0 amide bonds. The van der Waals surface area contributed by atoms with E-state index in [1.165, 1.54) is 15.9 Å². The Bertz CT molecular complexity index is 704. The van der Waals surface area contributed by atoms with Crippen LogP contribution in [0.2, 0.25) is 0 Å². The van der Waals surface area contributed by atoms with E-state index in [0.29, 0.717) is 0 Å². The lowest BCUT2D eigenvalue weighted by molar-refractivity contribution is 0.412. The Morgan fingerprint density at radius 2 is 1.27 bits per heavy atom. The van der Waals surface area contributed by atoms with Gasteiger partial charge >= 0.3 is 0 Å². The number of hydrogen-bond donors (Lipinski definition) is 0. The molecule has 110 valence electrons. The maximum absolute atomic E-state index is 5.51. The van der Waals surface area contributed by atoms with Crippen molar-refractivity contribution in [2.24, 2.45) is 0 Å². The van der Waals surface area contributed by atoms with Crippen LogP contribution in [0.25, 0.3) is 0 Å². The molecule has 3 rings (SSSR count). The van der Waals surface area contributed by atoms with E-state index in [1.54, 1.807) is 7.11 Å². The topological polar surface area (TPSA) is 9.23 Å². The third-order valence-corrected chi connectivity index (χ3v) is 6.74. The highest BCUT2D eigenvalue weighted by atomic mass is 127. The second-order valence-corrected chi connectivity index (χ2v) is 8.21. The zero-order valence-corrected chi connectivity index (χ0v) is 15.3. The molecule has 0 fully saturated rings. The van der Waals surface area contributed by atoms with Gasteiger partial charge in [-0.3, -0.25) is 0 Å². The summed E-state index contributed by atoms with van der Waals surface area (Å²) in [6.07, 6.45) is 0. The van der Waals surface area contributed by atoms with Crippen LogP contribution >= 0.6 is 30.5 Å². The number of methoxy groups -OCH3 is 1. The highest BCUT2D eigenvalue weighted by Crippen LogP contribution is 2.34. The average Bonchev–Trinajstić information content (AvgIpc) is 2.58. The van der Waals surface area contributed by atoms with Crippen molar-refractivity contribution in [3.05, 3.63) is 82.4 Å². The first kappa shape index (κ1) is 15.5. The van der Waals surface area contributed by atoms with Gasteiger partial charge in [0.15, 0.2) is 0 Å². The van der Waals surface area contributed by atoms with Gasteiger partial charge < -0.3 is 4.74 Å². The maximum atomic E-state index is 5.51. The third kappa shape index (κ3) is 3.34. The normalized spacial score (nSPS) is 10.7. The summed E-state index contributed by atoms with van der Waals surface area (Å²) in [5.41, 5.74) is 0. The van der Waals surface area contributed by atoms with E-state index in [0.717, 1.165) is 9.32 Å². The summed E-state index contributed by atoms with van der Waals surface area (Å²) in [7, 11) is 1.17. The van der Waals surface area contributed by atoms with Gasteiger partial charge in [-0.25, -0.2) is 0 Å². The van der Waals surface area contributed by atoms with E-state index in [4.69, 9.17) is 4.74 Å². The van der Waals surface area contributed by atoms with Crippen molar-refractivity contribution in [2.75, 3.05) is 7.11 Å². The first-order valence-electron chi connectivity index (χ1n) is 7.03. The Labute approximate surface area is 146 Å². The molecule has 0 aromatic heterocycles. The zero-order valence-electron chi connectivity index (χ0n) is 12.2. The largest absolute Gasteiger partial charge is 0.496 e. The van der Waals surface area contributed by atoms with Crippen molar-refractivity contribution in [3.8, 4) is 5.75 Å². The number of benzene rings is 3. The molecule has 0 heterocycles. The molecule has 0 saturated heterocycles. The van der Waals surface area contributed by atoms with Crippen LogP contribution in [0, 0.1) is 3.57 Å². The number of halogens is 1. The smallest absolute Gasteiger partial charge is 0.132 e. The van der Waals surface area contributed by atoms with Crippen LogP contribution in [0.4, 0.5) is 0 Å². The summed E-state index contributed by atoms with van der Waals surface area (Å²) in [6.45, 7) is 0. The third-order valence-electron chi connectivity index (χ3n) is 3.42. The van der Waals surface area contributed by atoms with Crippen molar-refractivity contribution in [1.29, 1.82) is 0 Å². The molecule has 3 heteroatoms. The van der Waals surface area contributed by atoms with Crippen LogP contribution in [-0.2, 0) is 0 Å². The van der Waals surface area contributed by atoms with Gasteiger partial charge in [-0.2, -0.15) is 0 Å². The Hall–Kier alpha value is -1.38. The molecule has 0 saturated carbocycles. The van der Waals surface area contributed by atoms with E-state index >= 15 is 0 Å². The number of rotatable bonds is 4. The molecule has 22 heavy (non-hydrogen) atoms. The van der Waals surface area contributed by atoms with E-state index in [1.807, 2.05) is 0 Å². The maximum Gasteiger partial charge on any atom is 0.132 e. The molecule has 3 aromatic rings. The summed E-state index contributed by atoms with van der Waals surface area (Å²) in [6, 6.07) is 27.9. The Morgan fingerprint density at radius 3 is 1.77 bits per heavy atom. The predicted octanol–water partition coefficient (Wildman–Crippen LogP) is 4.06. The second-order valence-electron chi connectivity index (χ2n) is 4.83. The van der Waals surface area contributed by atoms with Crippen LogP contribution in [0.15, 0.2) is 78.9 Å². The van der Waals surface area contributed by atoms with Gasteiger partial charge in [0.25, 0.3) is 0 Å². The molecule has 0 spiro atoms. The zero-order chi connectivity index (χ0) is 15.4. The SMILES string of the molecule is COc1cc(P(c2ccccc2)c2ccccc2)ccc1I. The highest BCUT2D eigenvalue weighted by molar-refractivity contribution is 14.1. The van der Waals surface area contributed by atoms with Crippen LogP contribution in [-0.4, -0.2) is 7.11 Å². The van der Waals surface area contributed by atoms with Gasteiger partial charge in [-0.1, -0.05) is 66.7 Å².